The van der Waals surface area contributed by atoms with Crippen LogP contribution < -0.4 is 0 Å². The molecule has 1 aromatic heterocycles. The average molecular weight is 191 g/mol. The number of aliphatic hydroxyl groups excluding tert-OH is 2. The zero-order valence-electron chi connectivity index (χ0n) is 7.85. The highest BCUT2D eigenvalue weighted by atomic mass is 16.3. The maximum absolute atomic E-state index is 9.12. The van der Waals surface area contributed by atoms with Gasteiger partial charge < -0.3 is 14.8 Å². The molecule has 0 aliphatic rings. The summed E-state index contributed by atoms with van der Waals surface area (Å²) in [4.78, 5) is 0. The van der Waals surface area contributed by atoms with E-state index < -0.39 is 0 Å². The summed E-state index contributed by atoms with van der Waals surface area (Å²) in [5.74, 6) is 0. The number of nitrogens with zero attached hydrogens (tertiary/aromatic N) is 1. The van der Waals surface area contributed by atoms with Crippen LogP contribution in [-0.2, 0) is 13.2 Å². The lowest BCUT2D eigenvalue weighted by atomic mass is 10.1. The van der Waals surface area contributed by atoms with Gasteiger partial charge in [-0.2, -0.15) is 0 Å². The van der Waals surface area contributed by atoms with Crippen molar-refractivity contribution < 1.29 is 10.2 Å². The largest absolute Gasteiger partial charge is 0.395 e. The van der Waals surface area contributed by atoms with Crippen LogP contribution in [0.2, 0.25) is 0 Å². The monoisotopic (exact) mass is 191 g/mol. The first-order chi connectivity index (χ1) is 6.86. The smallest absolute Gasteiger partial charge is 0.0688 e. The Balaban J connectivity index is 2.57. The lowest BCUT2D eigenvalue weighted by Gasteiger charge is -2.03. The van der Waals surface area contributed by atoms with Gasteiger partial charge >= 0.3 is 0 Å². The highest BCUT2D eigenvalue weighted by Crippen LogP contribution is 2.19. The Morgan fingerprint density at radius 1 is 1.14 bits per heavy atom. The second kappa shape index (κ2) is 3.82. The molecule has 3 nitrogen and oxygen atoms in total. The Hall–Kier alpha value is -1.32. The van der Waals surface area contributed by atoms with Crippen LogP contribution in [0.3, 0.4) is 0 Å². The maximum atomic E-state index is 9.12. The van der Waals surface area contributed by atoms with Gasteiger partial charge in [0.05, 0.1) is 13.2 Å². The van der Waals surface area contributed by atoms with E-state index in [0.29, 0.717) is 6.54 Å². The number of aliphatic hydroxyl groups is 2. The van der Waals surface area contributed by atoms with Gasteiger partial charge in [-0.25, -0.2) is 0 Å². The van der Waals surface area contributed by atoms with E-state index in [-0.39, 0.29) is 13.2 Å². The lowest BCUT2D eigenvalue weighted by molar-refractivity contribution is 0.278. The molecule has 0 saturated heterocycles. The van der Waals surface area contributed by atoms with Gasteiger partial charge in [0, 0.05) is 23.6 Å². The summed E-state index contributed by atoms with van der Waals surface area (Å²) < 4.78 is 1.98. The van der Waals surface area contributed by atoms with Crippen LogP contribution in [0.1, 0.15) is 5.56 Å². The van der Waals surface area contributed by atoms with Crippen LogP contribution in [0.4, 0.5) is 0 Å². The maximum Gasteiger partial charge on any atom is 0.0688 e. The predicted octanol–water partition coefficient (Wildman–Crippen LogP) is 1.13. The highest BCUT2D eigenvalue weighted by Gasteiger charge is 2.03. The van der Waals surface area contributed by atoms with Crippen molar-refractivity contribution in [3.05, 3.63) is 36.0 Å². The van der Waals surface area contributed by atoms with Crippen LogP contribution in [0.5, 0.6) is 0 Å². The molecule has 0 fully saturated rings. The van der Waals surface area contributed by atoms with Gasteiger partial charge in [0.25, 0.3) is 0 Å². The molecule has 0 aliphatic heterocycles. The Bertz CT molecular complexity index is 434. The summed E-state index contributed by atoms with van der Waals surface area (Å²) >= 11 is 0. The van der Waals surface area contributed by atoms with E-state index in [2.05, 4.69) is 0 Å². The molecule has 14 heavy (non-hydrogen) atoms. The molecule has 0 atom stereocenters. The molecule has 0 unspecified atom stereocenters. The van der Waals surface area contributed by atoms with Gasteiger partial charge in [-0.05, 0) is 17.7 Å². The van der Waals surface area contributed by atoms with Crippen molar-refractivity contribution in [2.75, 3.05) is 6.61 Å². The molecular formula is C11H13NO2. The van der Waals surface area contributed by atoms with E-state index in [0.717, 1.165) is 16.5 Å². The number of benzene rings is 1. The molecule has 2 aromatic rings. The first kappa shape index (κ1) is 9.24. The summed E-state index contributed by atoms with van der Waals surface area (Å²) in [7, 11) is 0. The van der Waals surface area contributed by atoms with Crippen LogP contribution in [0, 0.1) is 0 Å². The molecule has 0 bridgehead atoms. The van der Waals surface area contributed by atoms with Crippen LogP contribution in [-0.4, -0.2) is 21.4 Å². The van der Waals surface area contributed by atoms with E-state index in [1.165, 1.54) is 0 Å². The second-order valence-corrected chi connectivity index (χ2v) is 3.24. The summed E-state index contributed by atoms with van der Waals surface area (Å²) in [5.41, 5.74) is 1.99. The molecule has 1 aromatic carbocycles. The number of hydrogen-bond acceptors (Lipinski definition) is 2. The van der Waals surface area contributed by atoms with Crippen molar-refractivity contribution in [1.82, 2.24) is 4.57 Å². The fourth-order valence-electron chi connectivity index (χ4n) is 1.73. The average Bonchev–Trinajstić information content (AvgIpc) is 2.62. The van der Waals surface area contributed by atoms with Gasteiger partial charge in [0.2, 0.25) is 0 Å². The Morgan fingerprint density at radius 2 is 2.00 bits per heavy atom. The van der Waals surface area contributed by atoms with E-state index in [9.17, 15) is 0 Å². The standard InChI is InChI=1S/C11H13NO2/c13-7-6-12-5-4-10-9(8-14)2-1-3-11(10)12/h1-5,13-14H,6-8H2. The summed E-state index contributed by atoms with van der Waals surface area (Å²) in [5, 5.41) is 19.0. The van der Waals surface area contributed by atoms with E-state index >= 15 is 0 Å². The molecule has 0 saturated carbocycles. The van der Waals surface area contributed by atoms with Crippen LogP contribution >= 0.6 is 0 Å². The fraction of sp³-hybridized carbons (Fsp3) is 0.273. The number of aromatic nitrogens is 1. The number of rotatable bonds is 3. The van der Waals surface area contributed by atoms with Gasteiger partial charge in [0.1, 0.15) is 0 Å². The first-order valence-electron chi connectivity index (χ1n) is 4.65. The van der Waals surface area contributed by atoms with Crippen molar-refractivity contribution in [2.45, 2.75) is 13.2 Å². The lowest BCUT2D eigenvalue weighted by Crippen LogP contribution is -1.99. The van der Waals surface area contributed by atoms with Crippen LogP contribution in [0.15, 0.2) is 30.5 Å². The minimum Gasteiger partial charge on any atom is -0.395 e. The molecule has 0 radical (unpaired) electrons. The van der Waals surface area contributed by atoms with Gasteiger partial charge in [-0.15, -0.1) is 0 Å². The highest BCUT2D eigenvalue weighted by molar-refractivity contribution is 5.83. The fourth-order valence-corrected chi connectivity index (χ4v) is 1.73. The molecule has 2 rings (SSSR count). The van der Waals surface area contributed by atoms with Crippen molar-refractivity contribution in [2.24, 2.45) is 0 Å². The number of fused-ring (bicyclic) bond motifs is 1. The van der Waals surface area contributed by atoms with Crippen LogP contribution in [0.25, 0.3) is 10.9 Å². The second-order valence-electron chi connectivity index (χ2n) is 3.24. The van der Waals surface area contributed by atoms with Gasteiger partial charge in [0.15, 0.2) is 0 Å². The predicted molar refractivity (Wildman–Crippen MR) is 54.9 cm³/mol. The zero-order valence-corrected chi connectivity index (χ0v) is 7.85. The molecule has 1 heterocycles. The van der Waals surface area contributed by atoms with Crippen molar-refractivity contribution in [3.8, 4) is 0 Å². The summed E-state index contributed by atoms with van der Waals surface area (Å²) in [6.07, 6.45) is 1.93. The quantitative estimate of drug-likeness (QED) is 0.763. The third kappa shape index (κ3) is 1.41. The topological polar surface area (TPSA) is 45.4 Å². The molecule has 0 aliphatic carbocycles. The Kier molecular flexibility index (Phi) is 2.52. The van der Waals surface area contributed by atoms with Crippen molar-refractivity contribution >= 4 is 10.9 Å². The Labute approximate surface area is 82.2 Å². The molecule has 2 N–H and O–H groups in total. The third-order valence-electron chi connectivity index (χ3n) is 2.42. The van der Waals surface area contributed by atoms with E-state index in [4.69, 9.17) is 10.2 Å². The van der Waals surface area contributed by atoms with E-state index in [1.54, 1.807) is 0 Å². The molecule has 0 spiro atoms. The molecule has 74 valence electrons. The molecule has 3 heteroatoms. The first-order valence-corrected chi connectivity index (χ1v) is 4.65. The van der Waals surface area contributed by atoms with Gasteiger partial charge in [-0.1, -0.05) is 12.1 Å². The normalized spacial score (nSPS) is 11.0. The van der Waals surface area contributed by atoms with Crippen molar-refractivity contribution in [1.29, 1.82) is 0 Å². The zero-order chi connectivity index (χ0) is 9.97. The minimum absolute atomic E-state index is 0.0560. The molecule has 0 amide bonds. The molecular weight excluding hydrogens is 178 g/mol. The van der Waals surface area contributed by atoms with Gasteiger partial charge in [-0.3, -0.25) is 0 Å². The number of hydrogen-bond donors (Lipinski definition) is 2. The minimum atomic E-state index is 0.0560. The third-order valence-corrected chi connectivity index (χ3v) is 2.42. The Morgan fingerprint density at radius 3 is 2.71 bits per heavy atom. The van der Waals surface area contributed by atoms with E-state index in [1.807, 2.05) is 35.0 Å². The summed E-state index contributed by atoms with van der Waals surface area (Å²) in [6.45, 7) is 0.784. The summed E-state index contributed by atoms with van der Waals surface area (Å²) in [6, 6.07) is 7.79. The van der Waals surface area contributed by atoms with Crippen molar-refractivity contribution in [3.63, 3.8) is 0 Å². The SMILES string of the molecule is OCCn1ccc2c(CO)cccc21.